The van der Waals surface area contributed by atoms with Crippen LogP contribution in [-0.2, 0) is 16.8 Å². The molecule has 1 atom stereocenters. The van der Waals surface area contributed by atoms with E-state index in [4.69, 9.17) is 9.47 Å². The number of aliphatic hydroxyl groups is 1. The molecule has 1 N–H and O–H groups in total. The van der Waals surface area contributed by atoms with E-state index >= 15 is 0 Å². The molecule has 2 heterocycles. The molecule has 0 saturated carbocycles. The van der Waals surface area contributed by atoms with Gasteiger partial charge in [0.1, 0.15) is 5.75 Å². The molecule has 1 aromatic carbocycles. The normalized spacial score (nSPS) is 28.3. The summed E-state index contributed by atoms with van der Waals surface area (Å²) in [6, 6.07) is 6.10. The molecule has 0 aromatic heterocycles. The number of fused-ring (bicyclic) bond motifs is 1. The molecule has 2 aliphatic rings. The Morgan fingerprint density at radius 1 is 1.12 bits per heavy atom. The largest absolute Gasteiger partial charge is 0.493 e. The van der Waals surface area contributed by atoms with Crippen LogP contribution in [0.25, 0.3) is 0 Å². The molecule has 2 aliphatic heterocycles. The highest BCUT2D eigenvalue weighted by atomic mass is 16.5. The van der Waals surface area contributed by atoms with Crippen molar-refractivity contribution in [1.82, 2.24) is 0 Å². The molecule has 3 rings (SSSR count). The van der Waals surface area contributed by atoms with Crippen LogP contribution in [0.5, 0.6) is 5.75 Å². The Balaban J connectivity index is 1.99. The Labute approximate surface area is 101 Å². The van der Waals surface area contributed by atoms with Gasteiger partial charge in [-0.2, -0.15) is 0 Å². The van der Waals surface area contributed by atoms with Crippen LogP contribution in [0.3, 0.4) is 0 Å². The van der Waals surface area contributed by atoms with Gasteiger partial charge in [0.25, 0.3) is 0 Å². The first kappa shape index (κ1) is 11.1. The third-order valence-electron chi connectivity index (χ3n) is 3.75. The Bertz CT molecular complexity index is 406. The average molecular weight is 234 g/mol. The fourth-order valence-corrected chi connectivity index (χ4v) is 2.79. The summed E-state index contributed by atoms with van der Waals surface area (Å²) >= 11 is 0. The number of benzene rings is 1. The van der Waals surface area contributed by atoms with Crippen LogP contribution in [0.15, 0.2) is 18.2 Å². The van der Waals surface area contributed by atoms with Crippen molar-refractivity contribution in [3.63, 3.8) is 0 Å². The molecule has 1 saturated heterocycles. The van der Waals surface area contributed by atoms with Crippen molar-refractivity contribution in [3.8, 4) is 5.75 Å². The summed E-state index contributed by atoms with van der Waals surface area (Å²) in [5.74, 6) is 0.914. The van der Waals surface area contributed by atoms with Crippen LogP contribution in [0.4, 0.5) is 0 Å². The molecule has 0 amide bonds. The molecule has 92 valence electrons. The number of hydrogen-bond acceptors (Lipinski definition) is 3. The minimum absolute atomic E-state index is 0.625. The molecule has 17 heavy (non-hydrogen) atoms. The van der Waals surface area contributed by atoms with Gasteiger partial charge in [0.05, 0.1) is 12.2 Å². The Kier molecular flexibility index (Phi) is 2.81. The van der Waals surface area contributed by atoms with Crippen LogP contribution in [0.1, 0.15) is 30.4 Å². The maximum Gasteiger partial charge on any atom is 0.128 e. The molecule has 0 spiro atoms. The lowest BCUT2D eigenvalue weighted by Gasteiger charge is -2.28. The highest BCUT2D eigenvalue weighted by Gasteiger charge is 2.34. The summed E-state index contributed by atoms with van der Waals surface area (Å²) in [5, 5.41) is 10.8. The molecular weight excluding hydrogens is 216 g/mol. The Morgan fingerprint density at radius 2 is 2.06 bits per heavy atom. The molecule has 1 fully saturated rings. The maximum atomic E-state index is 10.8. The van der Waals surface area contributed by atoms with E-state index in [1.165, 1.54) is 5.56 Å². The van der Waals surface area contributed by atoms with Crippen molar-refractivity contribution >= 4 is 0 Å². The van der Waals surface area contributed by atoms with Crippen molar-refractivity contribution in [2.24, 2.45) is 0 Å². The summed E-state index contributed by atoms with van der Waals surface area (Å²) in [6.45, 7) is 2.11. The first-order chi connectivity index (χ1) is 8.30. The van der Waals surface area contributed by atoms with E-state index in [2.05, 4.69) is 6.07 Å². The molecule has 0 radical (unpaired) electrons. The molecule has 1 aromatic rings. The van der Waals surface area contributed by atoms with Crippen molar-refractivity contribution in [3.05, 3.63) is 29.3 Å². The van der Waals surface area contributed by atoms with Gasteiger partial charge in [-0.3, -0.25) is 0 Å². The first-order valence-electron chi connectivity index (χ1n) is 6.35. The lowest BCUT2D eigenvalue weighted by atomic mass is 9.85. The minimum Gasteiger partial charge on any atom is -0.493 e. The average Bonchev–Trinajstić information content (AvgIpc) is 2.71. The zero-order valence-corrected chi connectivity index (χ0v) is 9.95. The fourth-order valence-electron chi connectivity index (χ4n) is 2.79. The summed E-state index contributed by atoms with van der Waals surface area (Å²) in [7, 11) is 0. The lowest BCUT2D eigenvalue weighted by molar-refractivity contribution is 0.0123. The van der Waals surface area contributed by atoms with Gasteiger partial charge in [0.15, 0.2) is 0 Å². The zero-order chi connectivity index (χ0) is 11.7. The standard InChI is InChI=1S/C14H18O3/c15-14(6-2-8-16-10-7-14)12-4-1-3-11-5-9-17-13(11)12/h1,3-4,15H,2,5-10H2. The van der Waals surface area contributed by atoms with E-state index in [0.717, 1.165) is 43.8 Å². The van der Waals surface area contributed by atoms with Crippen LogP contribution >= 0.6 is 0 Å². The second kappa shape index (κ2) is 4.31. The van der Waals surface area contributed by atoms with Crippen LogP contribution in [0.2, 0.25) is 0 Å². The van der Waals surface area contributed by atoms with Crippen molar-refractivity contribution < 1.29 is 14.6 Å². The van der Waals surface area contributed by atoms with Gasteiger partial charge in [-0.1, -0.05) is 18.2 Å². The number of para-hydroxylation sites is 1. The lowest BCUT2D eigenvalue weighted by Crippen LogP contribution is -2.26. The van der Waals surface area contributed by atoms with E-state index < -0.39 is 5.60 Å². The van der Waals surface area contributed by atoms with Crippen molar-refractivity contribution in [1.29, 1.82) is 0 Å². The van der Waals surface area contributed by atoms with E-state index in [9.17, 15) is 5.11 Å². The Morgan fingerprint density at radius 3 is 3.00 bits per heavy atom. The van der Waals surface area contributed by atoms with E-state index in [-0.39, 0.29) is 0 Å². The highest BCUT2D eigenvalue weighted by molar-refractivity contribution is 5.47. The summed E-state index contributed by atoms with van der Waals surface area (Å²) < 4.78 is 11.1. The monoisotopic (exact) mass is 234 g/mol. The summed E-state index contributed by atoms with van der Waals surface area (Å²) in [4.78, 5) is 0. The number of hydrogen-bond donors (Lipinski definition) is 1. The van der Waals surface area contributed by atoms with E-state index in [0.29, 0.717) is 13.0 Å². The van der Waals surface area contributed by atoms with Gasteiger partial charge in [-0.25, -0.2) is 0 Å². The van der Waals surface area contributed by atoms with Crippen molar-refractivity contribution in [2.75, 3.05) is 19.8 Å². The van der Waals surface area contributed by atoms with Gasteiger partial charge >= 0.3 is 0 Å². The SMILES string of the molecule is OC1(c2cccc3c2OCC3)CCCOCC1. The minimum atomic E-state index is -0.772. The quantitative estimate of drug-likeness (QED) is 0.808. The van der Waals surface area contributed by atoms with Crippen LogP contribution in [-0.4, -0.2) is 24.9 Å². The van der Waals surface area contributed by atoms with E-state index in [1.54, 1.807) is 0 Å². The predicted octanol–water partition coefficient (Wildman–Crippen LogP) is 2.01. The second-order valence-electron chi connectivity index (χ2n) is 4.89. The molecule has 0 bridgehead atoms. The maximum absolute atomic E-state index is 10.8. The summed E-state index contributed by atoms with van der Waals surface area (Å²) in [5.41, 5.74) is 1.41. The first-order valence-corrected chi connectivity index (χ1v) is 6.35. The topological polar surface area (TPSA) is 38.7 Å². The van der Waals surface area contributed by atoms with Crippen LogP contribution in [0, 0.1) is 0 Å². The smallest absolute Gasteiger partial charge is 0.128 e. The Hall–Kier alpha value is -1.06. The van der Waals surface area contributed by atoms with Gasteiger partial charge in [0.2, 0.25) is 0 Å². The fraction of sp³-hybridized carbons (Fsp3) is 0.571. The molecule has 0 aliphatic carbocycles. The van der Waals surface area contributed by atoms with Gasteiger partial charge in [-0.05, 0) is 18.4 Å². The van der Waals surface area contributed by atoms with Gasteiger partial charge in [-0.15, -0.1) is 0 Å². The van der Waals surface area contributed by atoms with Gasteiger partial charge < -0.3 is 14.6 Å². The number of rotatable bonds is 1. The van der Waals surface area contributed by atoms with E-state index in [1.807, 2.05) is 12.1 Å². The summed E-state index contributed by atoms with van der Waals surface area (Å²) in [6.07, 6.45) is 3.27. The van der Waals surface area contributed by atoms with Crippen molar-refractivity contribution in [2.45, 2.75) is 31.3 Å². The molecule has 1 unspecified atom stereocenters. The second-order valence-corrected chi connectivity index (χ2v) is 4.89. The third kappa shape index (κ3) is 1.94. The van der Waals surface area contributed by atoms with Crippen LogP contribution < -0.4 is 4.74 Å². The third-order valence-corrected chi connectivity index (χ3v) is 3.75. The molecular formula is C14H18O3. The van der Waals surface area contributed by atoms with Gasteiger partial charge in [0, 0.05) is 31.6 Å². The predicted molar refractivity (Wildman–Crippen MR) is 64.2 cm³/mol. The molecule has 3 nitrogen and oxygen atoms in total. The zero-order valence-electron chi connectivity index (χ0n) is 9.95. The highest BCUT2D eigenvalue weighted by Crippen LogP contribution is 2.41. The molecule has 3 heteroatoms. The number of ether oxygens (including phenoxy) is 2.